The first-order chi connectivity index (χ1) is 18.4. The van der Waals surface area contributed by atoms with E-state index in [1.807, 2.05) is 54.6 Å². The van der Waals surface area contributed by atoms with Gasteiger partial charge in [0.25, 0.3) is 0 Å². The predicted molar refractivity (Wildman–Crippen MR) is 160 cm³/mol. The first-order valence-corrected chi connectivity index (χ1v) is 13.7. The van der Waals surface area contributed by atoms with Crippen molar-refractivity contribution < 1.29 is 4.74 Å². The van der Waals surface area contributed by atoms with Crippen molar-refractivity contribution in [1.29, 1.82) is 0 Å². The van der Waals surface area contributed by atoms with Crippen LogP contribution in [0.1, 0.15) is 56.6 Å². The molecule has 196 valence electrons. The van der Waals surface area contributed by atoms with Gasteiger partial charge < -0.3 is 21.1 Å². The molecule has 0 atom stereocenters. The summed E-state index contributed by atoms with van der Waals surface area (Å²) in [4.78, 5) is 0. The molecule has 0 bridgehead atoms. The lowest BCUT2D eigenvalue weighted by Gasteiger charge is -2.30. The molecule has 0 radical (unpaired) electrons. The molecule has 5 rings (SSSR count). The van der Waals surface area contributed by atoms with E-state index in [-0.39, 0.29) is 5.41 Å². The molecule has 0 aromatic heterocycles. The Labute approximate surface area is 227 Å². The number of hydrogen-bond donors (Lipinski definition) is 3. The summed E-state index contributed by atoms with van der Waals surface area (Å²) in [5.41, 5.74) is 11.7. The van der Waals surface area contributed by atoms with Gasteiger partial charge in [-0.1, -0.05) is 62.4 Å². The molecule has 0 aliphatic heterocycles. The zero-order chi connectivity index (χ0) is 26.4. The van der Waals surface area contributed by atoms with Crippen LogP contribution in [0.5, 0.6) is 11.5 Å². The maximum atomic E-state index is 5.99. The lowest BCUT2D eigenvalue weighted by molar-refractivity contribution is 0.412. The summed E-state index contributed by atoms with van der Waals surface area (Å²) in [6.07, 6.45) is 4.82. The predicted octanol–water partition coefficient (Wildman–Crippen LogP) is 8.59. The van der Waals surface area contributed by atoms with Crippen molar-refractivity contribution in [2.75, 3.05) is 22.9 Å². The number of nitrogens with two attached hydrogens (primary N) is 1. The van der Waals surface area contributed by atoms with E-state index in [0.29, 0.717) is 12.0 Å². The molecule has 0 spiro atoms. The van der Waals surface area contributed by atoms with Crippen LogP contribution in [0.25, 0.3) is 0 Å². The number of hydrogen-bond acceptors (Lipinski definition) is 4. The molecule has 4 aromatic rings. The van der Waals surface area contributed by atoms with Crippen LogP contribution >= 0.6 is 0 Å². The highest BCUT2D eigenvalue weighted by Gasteiger charge is 2.23. The number of para-hydroxylation sites is 1. The van der Waals surface area contributed by atoms with Crippen LogP contribution in [-0.2, 0) is 5.41 Å². The number of rotatable bonds is 9. The Kier molecular flexibility index (Phi) is 7.88. The number of anilines is 3. The Balaban J connectivity index is 1.12. The quantitative estimate of drug-likeness (QED) is 0.199. The van der Waals surface area contributed by atoms with Crippen molar-refractivity contribution in [2.24, 2.45) is 0 Å². The van der Waals surface area contributed by atoms with E-state index in [0.717, 1.165) is 29.4 Å². The minimum atomic E-state index is -0.0219. The highest BCUT2D eigenvalue weighted by molar-refractivity contribution is 5.51. The second-order valence-electron chi connectivity index (χ2n) is 11.1. The van der Waals surface area contributed by atoms with Gasteiger partial charge in [0.1, 0.15) is 11.5 Å². The molecule has 0 heterocycles. The van der Waals surface area contributed by atoms with Crippen LogP contribution in [-0.4, -0.2) is 12.6 Å². The van der Waals surface area contributed by atoms with Crippen LogP contribution in [0.4, 0.5) is 17.1 Å². The second-order valence-corrected chi connectivity index (χ2v) is 11.1. The van der Waals surface area contributed by atoms with Crippen LogP contribution < -0.4 is 21.1 Å². The van der Waals surface area contributed by atoms with Crippen LogP contribution in [0.2, 0.25) is 0 Å². The molecule has 4 heteroatoms. The third-order valence-electron chi connectivity index (χ3n) is 7.72. The average Bonchev–Trinajstić information content (AvgIpc) is 2.94. The zero-order valence-corrected chi connectivity index (χ0v) is 22.5. The highest BCUT2D eigenvalue weighted by atomic mass is 16.5. The number of nitrogens with one attached hydrogen (secondary N) is 2. The fourth-order valence-electron chi connectivity index (χ4n) is 5.31. The van der Waals surface area contributed by atoms with Gasteiger partial charge in [-0.2, -0.15) is 0 Å². The zero-order valence-electron chi connectivity index (χ0n) is 22.5. The van der Waals surface area contributed by atoms with E-state index < -0.39 is 0 Å². The summed E-state index contributed by atoms with van der Waals surface area (Å²) in [5, 5.41) is 7.38. The monoisotopic (exact) mass is 505 g/mol. The smallest absolute Gasteiger partial charge is 0.129 e. The van der Waals surface area contributed by atoms with E-state index in [1.165, 1.54) is 42.5 Å². The normalized spacial score (nSPS) is 17.5. The van der Waals surface area contributed by atoms with Crippen molar-refractivity contribution in [2.45, 2.75) is 56.9 Å². The molecule has 38 heavy (non-hydrogen) atoms. The van der Waals surface area contributed by atoms with Gasteiger partial charge >= 0.3 is 0 Å². The standard InChI is InChI=1S/C34H39N3O/c1-34(2,24-36-31-7-6-10-33(23-31)38-32-8-4-3-5-9-32)27-15-21-30(22-16-27)37-29-19-13-26(14-20-29)25-11-17-28(35)18-12-25/h3-12,15-18,21-23,26,29,36-37H,13-14,19-20,24,35H2,1-2H3. The molecule has 1 aliphatic rings. The van der Waals surface area contributed by atoms with Crippen molar-refractivity contribution >= 4 is 17.1 Å². The Morgan fingerprint density at radius 3 is 2.13 bits per heavy atom. The molecule has 4 nitrogen and oxygen atoms in total. The third-order valence-corrected chi connectivity index (χ3v) is 7.72. The highest BCUT2D eigenvalue weighted by Crippen LogP contribution is 2.35. The molecular weight excluding hydrogens is 466 g/mol. The first-order valence-electron chi connectivity index (χ1n) is 13.7. The van der Waals surface area contributed by atoms with Gasteiger partial charge in [-0.3, -0.25) is 0 Å². The molecule has 4 N–H and O–H groups in total. The maximum absolute atomic E-state index is 5.99. The van der Waals surface area contributed by atoms with Gasteiger partial charge in [0.2, 0.25) is 0 Å². The molecule has 1 saturated carbocycles. The average molecular weight is 506 g/mol. The summed E-state index contributed by atoms with van der Waals surface area (Å²) >= 11 is 0. The molecule has 1 fully saturated rings. The first kappa shape index (κ1) is 25.7. The molecule has 4 aromatic carbocycles. The van der Waals surface area contributed by atoms with Crippen molar-refractivity contribution in [3.05, 3.63) is 114 Å². The Bertz CT molecular complexity index is 1290. The summed E-state index contributed by atoms with van der Waals surface area (Å²) in [6.45, 7) is 5.39. The Hall–Kier alpha value is -3.92. The summed E-state index contributed by atoms with van der Waals surface area (Å²) in [6, 6.07) is 36.0. The molecule has 0 saturated heterocycles. The Morgan fingerprint density at radius 2 is 1.42 bits per heavy atom. The van der Waals surface area contributed by atoms with Crippen molar-refractivity contribution in [3.8, 4) is 11.5 Å². The van der Waals surface area contributed by atoms with E-state index in [4.69, 9.17) is 10.5 Å². The number of benzene rings is 4. The minimum absolute atomic E-state index is 0.0219. The van der Waals surface area contributed by atoms with Gasteiger partial charge in [0.05, 0.1) is 0 Å². The third kappa shape index (κ3) is 6.69. The summed E-state index contributed by atoms with van der Waals surface area (Å²) < 4.78 is 5.99. The summed E-state index contributed by atoms with van der Waals surface area (Å²) in [7, 11) is 0. The van der Waals surface area contributed by atoms with Crippen molar-refractivity contribution in [1.82, 2.24) is 0 Å². The maximum Gasteiger partial charge on any atom is 0.129 e. The fraction of sp³-hybridized carbons (Fsp3) is 0.294. The van der Waals surface area contributed by atoms with E-state index in [1.54, 1.807) is 0 Å². The number of nitrogen functional groups attached to an aromatic ring is 1. The number of ether oxygens (including phenoxy) is 1. The topological polar surface area (TPSA) is 59.3 Å². The Morgan fingerprint density at radius 1 is 0.737 bits per heavy atom. The second kappa shape index (κ2) is 11.6. The van der Waals surface area contributed by atoms with Gasteiger partial charge in [0.15, 0.2) is 0 Å². The van der Waals surface area contributed by atoms with E-state index in [9.17, 15) is 0 Å². The lowest BCUT2D eigenvalue weighted by Crippen LogP contribution is -2.28. The molecular formula is C34H39N3O. The SMILES string of the molecule is CC(C)(CNc1cccc(Oc2ccccc2)c1)c1ccc(NC2CCC(c3ccc(N)cc3)CC2)cc1. The fourth-order valence-corrected chi connectivity index (χ4v) is 5.31. The van der Waals surface area contributed by atoms with Gasteiger partial charge in [0, 0.05) is 41.1 Å². The van der Waals surface area contributed by atoms with E-state index in [2.05, 4.69) is 73.0 Å². The van der Waals surface area contributed by atoms with Gasteiger partial charge in [-0.25, -0.2) is 0 Å². The van der Waals surface area contributed by atoms with E-state index >= 15 is 0 Å². The van der Waals surface area contributed by atoms with Crippen molar-refractivity contribution in [3.63, 3.8) is 0 Å². The van der Waals surface area contributed by atoms with Gasteiger partial charge in [-0.15, -0.1) is 0 Å². The molecule has 0 unspecified atom stereocenters. The lowest BCUT2D eigenvalue weighted by atomic mass is 9.81. The molecule has 0 amide bonds. The molecule has 1 aliphatic carbocycles. The van der Waals surface area contributed by atoms with Crippen LogP contribution in [0.3, 0.4) is 0 Å². The summed E-state index contributed by atoms with van der Waals surface area (Å²) in [5.74, 6) is 2.32. The van der Waals surface area contributed by atoms with Gasteiger partial charge in [-0.05, 0) is 91.3 Å². The van der Waals surface area contributed by atoms with Crippen LogP contribution in [0, 0.1) is 0 Å². The minimum Gasteiger partial charge on any atom is -0.457 e. The van der Waals surface area contributed by atoms with Crippen LogP contribution in [0.15, 0.2) is 103 Å². The largest absolute Gasteiger partial charge is 0.457 e.